The van der Waals surface area contributed by atoms with Crippen LogP contribution >= 0.6 is 11.3 Å². The van der Waals surface area contributed by atoms with Gasteiger partial charge in [0.05, 0.1) is 5.39 Å². The van der Waals surface area contributed by atoms with Crippen molar-refractivity contribution in [2.75, 3.05) is 18.4 Å². The fourth-order valence-electron chi connectivity index (χ4n) is 2.26. The van der Waals surface area contributed by atoms with E-state index >= 15 is 0 Å². The number of nitrogens with zero attached hydrogens (tertiary/aromatic N) is 2. The molecule has 0 unspecified atom stereocenters. The average Bonchev–Trinajstić information content (AvgIpc) is 2.97. The van der Waals surface area contributed by atoms with Crippen molar-refractivity contribution >= 4 is 33.3 Å². The lowest BCUT2D eigenvalue weighted by Gasteiger charge is -2.08. The Bertz CT molecular complexity index is 785. The summed E-state index contributed by atoms with van der Waals surface area (Å²) in [4.78, 5) is 20.6. The summed E-state index contributed by atoms with van der Waals surface area (Å²) in [5.41, 5.74) is 2.27. The summed E-state index contributed by atoms with van der Waals surface area (Å²) in [7, 11) is 0. The van der Waals surface area contributed by atoms with Crippen LogP contribution in [-0.2, 0) is 4.79 Å². The highest BCUT2D eigenvalue weighted by molar-refractivity contribution is 7.17. The van der Waals surface area contributed by atoms with E-state index in [0.717, 1.165) is 27.2 Å². The minimum atomic E-state index is -0.0323. The number of fused-ring (bicyclic) bond motifs is 1. The predicted molar refractivity (Wildman–Crippen MR) is 90.0 cm³/mol. The first-order valence-corrected chi connectivity index (χ1v) is 7.89. The Morgan fingerprint density at radius 2 is 2.00 bits per heavy atom. The van der Waals surface area contributed by atoms with E-state index in [0.29, 0.717) is 13.1 Å². The number of amides is 1. The van der Waals surface area contributed by atoms with Gasteiger partial charge in [-0.1, -0.05) is 30.3 Å². The Kier molecular flexibility index (Phi) is 4.29. The van der Waals surface area contributed by atoms with Crippen molar-refractivity contribution in [1.82, 2.24) is 15.3 Å². The van der Waals surface area contributed by atoms with Gasteiger partial charge in [-0.05, 0) is 5.56 Å². The molecule has 0 saturated heterocycles. The molecule has 6 heteroatoms. The van der Waals surface area contributed by atoms with Gasteiger partial charge in [0, 0.05) is 31.0 Å². The second-order valence-corrected chi connectivity index (χ2v) is 5.69. The molecule has 0 aliphatic carbocycles. The molecule has 3 aromatic rings. The third-order valence-corrected chi connectivity index (χ3v) is 4.13. The summed E-state index contributed by atoms with van der Waals surface area (Å²) in [6, 6.07) is 10.2. The molecule has 2 N–H and O–H groups in total. The first kappa shape index (κ1) is 14.5. The van der Waals surface area contributed by atoms with Crippen molar-refractivity contribution in [2.45, 2.75) is 6.92 Å². The molecular weight excluding hydrogens is 296 g/mol. The van der Waals surface area contributed by atoms with Gasteiger partial charge in [0.1, 0.15) is 17.0 Å². The standard InChI is InChI=1S/C16H16N4OS/c1-11(21)17-7-8-18-15-14-13(12-5-3-2-4-6-12)9-22-16(14)20-10-19-15/h2-6,9-10H,7-8H2,1H3,(H,17,21)(H,18,19,20). The van der Waals surface area contributed by atoms with Gasteiger partial charge in [0.2, 0.25) is 5.91 Å². The van der Waals surface area contributed by atoms with Crippen LogP contribution in [0.3, 0.4) is 0 Å². The number of nitrogens with one attached hydrogen (secondary N) is 2. The second-order valence-electron chi connectivity index (χ2n) is 4.83. The Labute approximate surface area is 132 Å². The number of benzene rings is 1. The maximum atomic E-state index is 10.9. The lowest BCUT2D eigenvalue weighted by molar-refractivity contribution is -0.118. The lowest BCUT2D eigenvalue weighted by Crippen LogP contribution is -2.26. The van der Waals surface area contributed by atoms with E-state index in [1.165, 1.54) is 6.92 Å². The molecule has 5 nitrogen and oxygen atoms in total. The Morgan fingerprint density at radius 1 is 1.18 bits per heavy atom. The van der Waals surface area contributed by atoms with Gasteiger partial charge in [0.25, 0.3) is 0 Å². The van der Waals surface area contributed by atoms with Crippen molar-refractivity contribution in [2.24, 2.45) is 0 Å². The minimum absolute atomic E-state index is 0.0323. The van der Waals surface area contributed by atoms with Crippen LogP contribution in [0.1, 0.15) is 6.92 Å². The van der Waals surface area contributed by atoms with E-state index in [4.69, 9.17) is 0 Å². The van der Waals surface area contributed by atoms with Crippen LogP contribution in [0.15, 0.2) is 42.0 Å². The molecule has 0 bridgehead atoms. The highest BCUT2D eigenvalue weighted by Crippen LogP contribution is 2.36. The number of aromatic nitrogens is 2. The molecule has 1 aromatic carbocycles. The maximum absolute atomic E-state index is 10.9. The average molecular weight is 312 g/mol. The van der Waals surface area contributed by atoms with Crippen molar-refractivity contribution in [3.05, 3.63) is 42.0 Å². The molecule has 2 heterocycles. The SMILES string of the molecule is CC(=O)NCCNc1ncnc2scc(-c3ccccc3)c12. The second kappa shape index (κ2) is 6.53. The topological polar surface area (TPSA) is 66.9 Å². The van der Waals surface area contributed by atoms with Gasteiger partial charge >= 0.3 is 0 Å². The highest BCUT2D eigenvalue weighted by atomic mass is 32.1. The number of thiophene rings is 1. The summed E-state index contributed by atoms with van der Waals surface area (Å²) in [5, 5.41) is 9.18. The van der Waals surface area contributed by atoms with E-state index in [1.807, 2.05) is 18.2 Å². The van der Waals surface area contributed by atoms with E-state index in [2.05, 4.69) is 38.1 Å². The largest absolute Gasteiger partial charge is 0.368 e. The van der Waals surface area contributed by atoms with Crippen LogP contribution in [0, 0.1) is 0 Å². The van der Waals surface area contributed by atoms with Gasteiger partial charge < -0.3 is 10.6 Å². The van der Waals surface area contributed by atoms with Crippen molar-refractivity contribution < 1.29 is 4.79 Å². The first-order chi connectivity index (χ1) is 10.8. The normalized spacial score (nSPS) is 10.6. The van der Waals surface area contributed by atoms with Crippen LogP contribution in [0.5, 0.6) is 0 Å². The number of hydrogen-bond acceptors (Lipinski definition) is 5. The monoisotopic (exact) mass is 312 g/mol. The smallest absolute Gasteiger partial charge is 0.216 e. The molecule has 0 radical (unpaired) electrons. The number of carbonyl (C=O) groups excluding carboxylic acids is 1. The predicted octanol–water partition coefficient (Wildman–Crippen LogP) is 2.91. The first-order valence-electron chi connectivity index (χ1n) is 7.01. The maximum Gasteiger partial charge on any atom is 0.216 e. The van der Waals surface area contributed by atoms with Crippen LogP contribution in [0.4, 0.5) is 5.82 Å². The van der Waals surface area contributed by atoms with Gasteiger partial charge in [-0.3, -0.25) is 4.79 Å². The third kappa shape index (κ3) is 3.07. The zero-order valence-corrected chi connectivity index (χ0v) is 13.0. The van der Waals surface area contributed by atoms with Gasteiger partial charge in [0.15, 0.2) is 0 Å². The van der Waals surface area contributed by atoms with Crippen LogP contribution in [0.25, 0.3) is 21.3 Å². The van der Waals surface area contributed by atoms with E-state index in [-0.39, 0.29) is 5.91 Å². The molecule has 112 valence electrons. The molecule has 0 atom stereocenters. The van der Waals surface area contributed by atoms with Gasteiger partial charge in [-0.15, -0.1) is 11.3 Å². The van der Waals surface area contributed by atoms with Crippen LogP contribution in [-0.4, -0.2) is 29.0 Å². The number of hydrogen-bond donors (Lipinski definition) is 2. The van der Waals surface area contributed by atoms with Crippen molar-refractivity contribution in [3.63, 3.8) is 0 Å². The Morgan fingerprint density at radius 3 is 2.77 bits per heavy atom. The number of anilines is 1. The zero-order chi connectivity index (χ0) is 15.4. The summed E-state index contributed by atoms with van der Waals surface area (Å²) in [5.74, 6) is 0.769. The quantitative estimate of drug-likeness (QED) is 0.711. The van der Waals surface area contributed by atoms with E-state index in [1.54, 1.807) is 17.7 Å². The van der Waals surface area contributed by atoms with E-state index in [9.17, 15) is 4.79 Å². The third-order valence-electron chi connectivity index (χ3n) is 3.25. The highest BCUT2D eigenvalue weighted by Gasteiger charge is 2.12. The van der Waals surface area contributed by atoms with Gasteiger partial charge in [-0.25, -0.2) is 9.97 Å². The minimum Gasteiger partial charge on any atom is -0.368 e. The molecule has 22 heavy (non-hydrogen) atoms. The molecule has 0 fully saturated rings. The Balaban J connectivity index is 1.90. The van der Waals surface area contributed by atoms with E-state index < -0.39 is 0 Å². The molecular formula is C16H16N4OS. The fraction of sp³-hybridized carbons (Fsp3) is 0.188. The molecule has 0 aliphatic heterocycles. The molecule has 1 amide bonds. The van der Waals surface area contributed by atoms with Gasteiger partial charge in [-0.2, -0.15) is 0 Å². The van der Waals surface area contributed by atoms with Crippen molar-refractivity contribution in [1.29, 1.82) is 0 Å². The summed E-state index contributed by atoms with van der Waals surface area (Å²) < 4.78 is 0. The Hall–Kier alpha value is -2.47. The molecule has 0 aliphatic rings. The molecule has 2 aromatic heterocycles. The van der Waals surface area contributed by atoms with Crippen molar-refractivity contribution in [3.8, 4) is 11.1 Å². The van der Waals surface area contributed by atoms with Crippen LogP contribution < -0.4 is 10.6 Å². The molecule has 0 saturated carbocycles. The molecule has 0 spiro atoms. The summed E-state index contributed by atoms with van der Waals surface area (Å²) >= 11 is 1.61. The summed E-state index contributed by atoms with van der Waals surface area (Å²) in [6.45, 7) is 2.69. The number of carbonyl (C=O) groups is 1. The molecule has 3 rings (SSSR count). The van der Waals surface area contributed by atoms with Crippen LogP contribution in [0.2, 0.25) is 0 Å². The zero-order valence-electron chi connectivity index (χ0n) is 12.2. The number of rotatable bonds is 5. The summed E-state index contributed by atoms with van der Waals surface area (Å²) in [6.07, 6.45) is 1.56. The lowest BCUT2D eigenvalue weighted by atomic mass is 10.1. The fourth-order valence-corrected chi connectivity index (χ4v) is 3.17.